The highest BCUT2D eigenvalue weighted by atomic mass is 16.5. The maximum atomic E-state index is 10.4. The van der Waals surface area contributed by atoms with E-state index >= 15 is 0 Å². The van der Waals surface area contributed by atoms with E-state index < -0.39 is 6.10 Å². The van der Waals surface area contributed by atoms with Gasteiger partial charge in [0.05, 0.1) is 17.8 Å². The molecule has 28 heavy (non-hydrogen) atoms. The zero-order valence-electron chi connectivity index (χ0n) is 16.7. The lowest BCUT2D eigenvalue weighted by Crippen LogP contribution is -3.20. The number of para-hydroxylation sites is 1. The van der Waals surface area contributed by atoms with Crippen molar-refractivity contribution in [1.82, 2.24) is 0 Å². The van der Waals surface area contributed by atoms with Crippen LogP contribution in [0.2, 0.25) is 0 Å². The number of aliphatic hydroxyl groups excluding tert-OH is 1. The van der Waals surface area contributed by atoms with E-state index in [1.165, 1.54) is 24.2 Å². The van der Waals surface area contributed by atoms with E-state index in [0.717, 1.165) is 18.0 Å². The lowest BCUT2D eigenvalue weighted by molar-refractivity contribution is -0.954. The van der Waals surface area contributed by atoms with Crippen LogP contribution < -0.4 is 9.64 Å². The number of rotatable bonds is 7. The van der Waals surface area contributed by atoms with Crippen molar-refractivity contribution < 1.29 is 19.8 Å². The molecule has 0 radical (unpaired) electrons. The van der Waals surface area contributed by atoms with Gasteiger partial charge in [-0.2, -0.15) is 0 Å². The quantitative estimate of drug-likeness (QED) is 0.644. The number of quaternary nitrogens is 1. The Morgan fingerprint density at radius 1 is 1.11 bits per heavy atom. The molecular weight excluding hydrogens is 352 g/mol. The molecular formula is C23H31N2O3+. The molecule has 3 rings (SSSR count). The summed E-state index contributed by atoms with van der Waals surface area (Å²) in [6.45, 7) is 5.56. The molecule has 1 saturated heterocycles. The van der Waals surface area contributed by atoms with Crippen LogP contribution in [0.25, 0.3) is 0 Å². The summed E-state index contributed by atoms with van der Waals surface area (Å²) in [5, 5.41) is 20.2. The molecule has 3 atom stereocenters. The van der Waals surface area contributed by atoms with Crippen LogP contribution in [0.15, 0.2) is 53.5 Å². The van der Waals surface area contributed by atoms with Crippen molar-refractivity contribution in [2.75, 3.05) is 13.2 Å². The van der Waals surface area contributed by atoms with Crippen molar-refractivity contribution in [3.8, 4) is 11.5 Å². The van der Waals surface area contributed by atoms with Crippen LogP contribution in [0, 0.1) is 0 Å². The first-order chi connectivity index (χ1) is 13.5. The molecule has 0 unspecified atom stereocenters. The highest BCUT2D eigenvalue weighted by Gasteiger charge is 2.30. The Morgan fingerprint density at radius 2 is 1.79 bits per heavy atom. The van der Waals surface area contributed by atoms with E-state index in [2.05, 4.69) is 18.8 Å². The van der Waals surface area contributed by atoms with Crippen molar-refractivity contribution in [3.05, 3.63) is 54.1 Å². The molecule has 0 aliphatic carbocycles. The number of hydrogen-bond donors (Lipinski definition) is 3. The van der Waals surface area contributed by atoms with Crippen LogP contribution >= 0.6 is 0 Å². The van der Waals surface area contributed by atoms with Crippen LogP contribution in [-0.4, -0.2) is 47.8 Å². The molecule has 0 bridgehead atoms. The predicted molar refractivity (Wildman–Crippen MR) is 112 cm³/mol. The number of nitrogens with one attached hydrogen (secondary N) is 1. The van der Waals surface area contributed by atoms with E-state index in [0.29, 0.717) is 24.3 Å². The Hall–Kier alpha value is -2.37. The van der Waals surface area contributed by atoms with E-state index in [1.54, 1.807) is 18.3 Å². The third kappa shape index (κ3) is 5.57. The zero-order chi connectivity index (χ0) is 19.9. The van der Waals surface area contributed by atoms with Gasteiger partial charge in [-0.05, 0) is 69.5 Å². The second-order valence-corrected chi connectivity index (χ2v) is 7.79. The normalized spacial score (nSPS) is 21.7. The minimum Gasteiger partial charge on any atom is -0.507 e. The maximum absolute atomic E-state index is 10.4. The molecule has 5 nitrogen and oxygen atoms in total. The average molecular weight is 384 g/mol. The Bertz CT molecular complexity index is 766. The SMILES string of the molecule is C[C@H]1CCC[C@H](C)[NH+]1C[C@H](O)COc1ccc(N=Cc2ccccc2O)cc1. The number of aliphatic imine (C=N–C) groups is 1. The molecule has 0 spiro atoms. The van der Waals surface area contributed by atoms with Gasteiger partial charge in [-0.15, -0.1) is 0 Å². The van der Waals surface area contributed by atoms with Gasteiger partial charge in [-0.3, -0.25) is 4.99 Å². The topological polar surface area (TPSA) is 66.5 Å². The number of aromatic hydroxyl groups is 1. The Labute approximate surface area is 167 Å². The number of hydrogen-bond acceptors (Lipinski definition) is 4. The van der Waals surface area contributed by atoms with Crippen LogP contribution in [0.5, 0.6) is 11.5 Å². The van der Waals surface area contributed by atoms with E-state index in [4.69, 9.17) is 4.74 Å². The second-order valence-electron chi connectivity index (χ2n) is 7.79. The van der Waals surface area contributed by atoms with Crippen molar-refractivity contribution in [1.29, 1.82) is 0 Å². The molecule has 2 aromatic rings. The largest absolute Gasteiger partial charge is 0.507 e. The van der Waals surface area contributed by atoms with Gasteiger partial charge in [0.25, 0.3) is 0 Å². The number of nitrogens with zero attached hydrogens (tertiary/aromatic N) is 1. The number of phenols is 1. The summed E-state index contributed by atoms with van der Waals surface area (Å²) in [4.78, 5) is 5.86. The Kier molecular flexibility index (Phi) is 7.06. The average Bonchev–Trinajstić information content (AvgIpc) is 2.69. The number of benzene rings is 2. The summed E-state index contributed by atoms with van der Waals surface area (Å²) < 4.78 is 5.76. The zero-order valence-corrected chi connectivity index (χ0v) is 16.7. The molecule has 1 heterocycles. The number of phenolic OH excluding ortho intramolecular Hbond substituents is 1. The highest BCUT2D eigenvalue weighted by Crippen LogP contribution is 2.20. The van der Waals surface area contributed by atoms with Gasteiger partial charge < -0.3 is 19.8 Å². The van der Waals surface area contributed by atoms with Crippen molar-refractivity contribution in [2.24, 2.45) is 4.99 Å². The third-order valence-corrected chi connectivity index (χ3v) is 5.58. The number of ether oxygens (including phenoxy) is 1. The monoisotopic (exact) mass is 383 g/mol. The van der Waals surface area contributed by atoms with Gasteiger partial charge in [0.2, 0.25) is 0 Å². The smallest absolute Gasteiger partial charge is 0.137 e. The lowest BCUT2D eigenvalue weighted by atomic mass is 9.97. The van der Waals surface area contributed by atoms with Gasteiger partial charge in [0, 0.05) is 11.8 Å². The van der Waals surface area contributed by atoms with Crippen LogP contribution in [0.4, 0.5) is 5.69 Å². The Balaban J connectivity index is 1.49. The molecule has 1 aliphatic rings. The lowest BCUT2D eigenvalue weighted by Gasteiger charge is -2.36. The molecule has 0 aromatic heterocycles. The first kappa shape index (κ1) is 20.4. The van der Waals surface area contributed by atoms with Crippen LogP contribution in [0.3, 0.4) is 0 Å². The molecule has 1 fully saturated rings. The predicted octanol–water partition coefficient (Wildman–Crippen LogP) is 2.73. The van der Waals surface area contributed by atoms with Gasteiger partial charge >= 0.3 is 0 Å². The van der Waals surface area contributed by atoms with Gasteiger partial charge in [-0.25, -0.2) is 0 Å². The summed E-state index contributed by atoms with van der Waals surface area (Å²) in [7, 11) is 0. The Morgan fingerprint density at radius 3 is 2.46 bits per heavy atom. The third-order valence-electron chi connectivity index (χ3n) is 5.58. The fourth-order valence-corrected chi connectivity index (χ4v) is 3.88. The fraction of sp³-hybridized carbons (Fsp3) is 0.435. The second kappa shape index (κ2) is 9.71. The molecule has 0 saturated carbocycles. The van der Waals surface area contributed by atoms with Gasteiger partial charge in [0.1, 0.15) is 30.8 Å². The van der Waals surface area contributed by atoms with Gasteiger partial charge in [0.15, 0.2) is 0 Å². The van der Waals surface area contributed by atoms with E-state index in [9.17, 15) is 10.2 Å². The first-order valence-electron chi connectivity index (χ1n) is 10.1. The van der Waals surface area contributed by atoms with Crippen molar-refractivity contribution in [3.63, 3.8) is 0 Å². The van der Waals surface area contributed by atoms with Crippen LogP contribution in [0.1, 0.15) is 38.7 Å². The van der Waals surface area contributed by atoms with Gasteiger partial charge in [-0.1, -0.05) is 12.1 Å². The molecule has 0 amide bonds. The molecule has 3 N–H and O–H groups in total. The minimum atomic E-state index is -0.475. The summed E-state index contributed by atoms with van der Waals surface area (Å²) in [6, 6.07) is 15.7. The van der Waals surface area contributed by atoms with Crippen molar-refractivity contribution in [2.45, 2.75) is 51.3 Å². The fourth-order valence-electron chi connectivity index (χ4n) is 3.88. The summed E-state index contributed by atoms with van der Waals surface area (Å²) >= 11 is 0. The highest BCUT2D eigenvalue weighted by molar-refractivity contribution is 5.85. The van der Waals surface area contributed by atoms with Crippen LogP contribution in [-0.2, 0) is 0 Å². The summed E-state index contributed by atoms with van der Waals surface area (Å²) in [5.41, 5.74) is 1.45. The molecule has 5 heteroatoms. The standard InChI is InChI=1S/C23H30N2O3/c1-17-6-5-7-18(2)25(17)15-21(26)16-28-22-12-10-20(11-13-22)24-14-19-8-3-4-9-23(19)27/h3-4,8-14,17-18,21,26-27H,5-7,15-16H2,1-2H3/p+1/t17-,18-,21-/m0/s1. The number of likely N-dealkylation sites (tertiary alicyclic amines) is 1. The number of aliphatic hydroxyl groups is 1. The van der Waals surface area contributed by atoms with Crippen molar-refractivity contribution >= 4 is 11.9 Å². The molecule has 2 aromatic carbocycles. The maximum Gasteiger partial charge on any atom is 0.137 e. The van der Waals surface area contributed by atoms with E-state index in [1.807, 2.05) is 36.4 Å². The minimum absolute atomic E-state index is 0.208. The molecule has 150 valence electrons. The summed E-state index contributed by atoms with van der Waals surface area (Å²) in [6.07, 6.45) is 4.92. The van der Waals surface area contributed by atoms with E-state index in [-0.39, 0.29) is 5.75 Å². The first-order valence-corrected chi connectivity index (χ1v) is 10.1. The molecule has 1 aliphatic heterocycles. The number of piperidine rings is 1. The summed E-state index contributed by atoms with van der Waals surface area (Å²) in [5.74, 6) is 0.926.